The second-order valence-electron chi connectivity index (χ2n) is 6.00. The highest BCUT2D eigenvalue weighted by Gasteiger charge is 2.28. The van der Waals surface area contributed by atoms with E-state index in [1.807, 2.05) is 11.3 Å². The van der Waals surface area contributed by atoms with Crippen molar-refractivity contribution in [1.29, 1.82) is 0 Å². The van der Waals surface area contributed by atoms with Crippen LogP contribution in [0.25, 0.3) is 0 Å². The van der Waals surface area contributed by atoms with Gasteiger partial charge in [0.1, 0.15) is 0 Å². The van der Waals surface area contributed by atoms with Crippen molar-refractivity contribution in [3.8, 4) is 0 Å². The Hall–Kier alpha value is -0.380. The van der Waals surface area contributed by atoms with E-state index in [-0.39, 0.29) is 0 Å². The van der Waals surface area contributed by atoms with Crippen LogP contribution in [0.3, 0.4) is 0 Å². The highest BCUT2D eigenvalue weighted by Crippen LogP contribution is 2.37. The quantitative estimate of drug-likeness (QED) is 0.885. The largest absolute Gasteiger partial charge is 0.313 e. The van der Waals surface area contributed by atoms with Crippen LogP contribution < -0.4 is 5.32 Å². The van der Waals surface area contributed by atoms with Crippen LogP contribution in [-0.2, 0) is 6.42 Å². The Morgan fingerprint density at radius 2 is 2.32 bits per heavy atom. The molecule has 0 spiro atoms. The molecule has 1 aromatic heterocycles. The zero-order chi connectivity index (χ0) is 13.1. The van der Waals surface area contributed by atoms with Gasteiger partial charge in [-0.3, -0.25) is 4.90 Å². The molecule has 1 aliphatic heterocycles. The molecule has 1 saturated heterocycles. The summed E-state index contributed by atoms with van der Waals surface area (Å²) in [5.74, 6) is 0. The Morgan fingerprint density at radius 1 is 1.37 bits per heavy atom. The Kier molecular flexibility index (Phi) is 4.57. The third-order valence-electron chi connectivity index (χ3n) is 4.59. The molecule has 1 aliphatic carbocycles. The van der Waals surface area contributed by atoms with E-state index >= 15 is 0 Å². The average molecular weight is 278 g/mol. The second-order valence-corrected chi connectivity index (χ2v) is 7.00. The van der Waals surface area contributed by atoms with Crippen molar-refractivity contribution in [2.24, 2.45) is 0 Å². The first-order valence-corrected chi connectivity index (χ1v) is 8.80. The molecule has 0 bridgehead atoms. The predicted molar refractivity (Wildman–Crippen MR) is 82.9 cm³/mol. The molecule has 2 heterocycles. The summed E-state index contributed by atoms with van der Waals surface area (Å²) in [6, 6.07) is 3.81. The Morgan fingerprint density at radius 3 is 3.11 bits per heavy atom. The lowest BCUT2D eigenvalue weighted by Gasteiger charge is -2.36. The molecule has 2 atom stereocenters. The highest BCUT2D eigenvalue weighted by atomic mass is 32.1. The zero-order valence-corrected chi connectivity index (χ0v) is 12.8. The van der Waals surface area contributed by atoms with Crippen LogP contribution in [0.5, 0.6) is 0 Å². The lowest BCUT2D eigenvalue weighted by molar-refractivity contribution is 0.164. The van der Waals surface area contributed by atoms with Crippen molar-refractivity contribution in [1.82, 2.24) is 10.2 Å². The van der Waals surface area contributed by atoms with Gasteiger partial charge < -0.3 is 5.32 Å². The first kappa shape index (κ1) is 13.6. The van der Waals surface area contributed by atoms with E-state index in [4.69, 9.17) is 0 Å². The summed E-state index contributed by atoms with van der Waals surface area (Å²) in [6.07, 6.45) is 8.03. The molecule has 2 nitrogen and oxygen atoms in total. The first-order chi connectivity index (χ1) is 9.38. The van der Waals surface area contributed by atoms with Gasteiger partial charge in [0, 0.05) is 23.5 Å². The number of fused-ring (bicyclic) bond motifs is 1. The van der Waals surface area contributed by atoms with Crippen molar-refractivity contribution in [2.45, 2.75) is 57.5 Å². The molecule has 2 aliphatic rings. The van der Waals surface area contributed by atoms with E-state index in [0.717, 1.165) is 6.04 Å². The van der Waals surface area contributed by atoms with Gasteiger partial charge in [-0.25, -0.2) is 0 Å². The number of nitrogens with zero attached hydrogens (tertiary/aromatic N) is 1. The number of aryl methyl sites for hydroxylation is 1. The fourth-order valence-electron chi connectivity index (χ4n) is 3.70. The molecule has 0 amide bonds. The van der Waals surface area contributed by atoms with Gasteiger partial charge >= 0.3 is 0 Å². The van der Waals surface area contributed by atoms with Gasteiger partial charge in [0.05, 0.1) is 0 Å². The smallest absolute Gasteiger partial charge is 0.0359 e. The van der Waals surface area contributed by atoms with Crippen molar-refractivity contribution in [3.63, 3.8) is 0 Å². The van der Waals surface area contributed by atoms with Gasteiger partial charge in [-0.15, -0.1) is 11.3 Å². The van der Waals surface area contributed by atoms with E-state index in [2.05, 4.69) is 28.6 Å². The third-order valence-corrected chi connectivity index (χ3v) is 5.59. The molecule has 19 heavy (non-hydrogen) atoms. The van der Waals surface area contributed by atoms with Gasteiger partial charge in [0.25, 0.3) is 0 Å². The molecule has 106 valence electrons. The number of hydrogen-bond acceptors (Lipinski definition) is 3. The number of thiophene rings is 1. The molecule has 0 saturated carbocycles. The van der Waals surface area contributed by atoms with E-state index < -0.39 is 0 Å². The Bertz CT molecular complexity index is 395. The van der Waals surface area contributed by atoms with Crippen LogP contribution >= 0.6 is 11.3 Å². The topological polar surface area (TPSA) is 15.3 Å². The standard InChI is InChI=1S/C16H26N2S/c1-2-10-18(12-13-5-4-9-17-13)15-6-3-7-16-14(15)8-11-19-16/h8,11,13,15,17H,2-7,9-10,12H2,1H3. The molecule has 0 aromatic carbocycles. The van der Waals surface area contributed by atoms with Crippen molar-refractivity contribution < 1.29 is 0 Å². The predicted octanol–water partition coefficient (Wildman–Crippen LogP) is 3.59. The molecular formula is C16H26N2S. The summed E-state index contributed by atoms with van der Waals surface area (Å²) in [6.45, 7) is 6.03. The summed E-state index contributed by atoms with van der Waals surface area (Å²) in [5.41, 5.74) is 1.64. The van der Waals surface area contributed by atoms with Gasteiger partial charge in [-0.1, -0.05) is 6.92 Å². The monoisotopic (exact) mass is 278 g/mol. The number of hydrogen-bond donors (Lipinski definition) is 1. The molecule has 2 unspecified atom stereocenters. The van der Waals surface area contributed by atoms with Gasteiger partial charge in [-0.05, 0) is 68.6 Å². The van der Waals surface area contributed by atoms with Crippen LogP contribution in [0.15, 0.2) is 11.4 Å². The minimum atomic E-state index is 0.692. The number of nitrogens with one attached hydrogen (secondary N) is 1. The molecular weight excluding hydrogens is 252 g/mol. The summed E-state index contributed by atoms with van der Waals surface area (Å²) in [5, 5.41) is 5.96. The second kappa shape index (κ2) is 6.38. The summed E-state index contributed by atoms with van der Waals surface area (Å²) >= 11 is 1.97. The van der Waals surface area contributed by atoms with Crippen LogP contribution in [0.2, 0.25) is 0 Å². The lowest BCUT2D eigenvalue weighted by atomic mass is 9.92. The van der Waals surface area contributed by atoms with E-state index in [0.29, 0.717) is 6.04 Å². The Labute approximate surface area is 121 Å². The molecule has 0 radical (unpaired) electrons. The molecule has 1 N–H and O–H groups in total. The van der Waals surface area contributed by atoms with Gasteiger partial charge in [0.2, 0.25) is 0 Å². The van der Waals surface area contributed by atoms with Crippen LogP contribution in [-0.4, -0.2) is 30.6 Å². The molecule has 1 aromatic rings. The van der Waals surface area contributed by atoms with Crippen molar-refractivity contribution in [3.05, 3.63) is 21.9 Å². The molecule has 1 fully saturated rings. The summed E-state index contributed by atoms with van der Waals surface area (Å²) < 4.78 is 0. The molecule has 3 heteroatoms. The number of rotatable bonds is 5. The highest BCUT2D eigenvalue weighted by molar-refractivity contribution is 7.10. The Balaban J connectivity index is 1.73. The fraction of sp³-hybridized carbons (Fsp3) is 0.750. The summed E-state index contributed by atoms with van der Waals surface area (Å²) in [4.78, 5) is 4.41. The van der Waals surface area contributed by atoms with Crippen LogP contribution in [0.1, 0.15) is 55.5 Å². The minimum absolute atomic E-state index is 0.692. The molecule has 3 rings (SSSR count). The average Bonchev–Trinajstić information content (AvgIpc) is 3.08. The normalized spacial score (nSPS) is 26.8. The minimum Gasteiger partial charge on any atom is -0.313 e. The third kappa shape index (κ3) is 3.04. The zero-order valence-electron chi connectivity index (χ0n) is 12.0. The van der Waals surface area contributed by atoms with Crippen LogP contribution in [0, 0.1) is 0 Å². The van der Waals surface area contributed by atoms with E-state index in [9.17, 15) is 0 Å². The van der Waals surface area contributed by atoms with Gasteiger partial charge in [-0.2, -0.15) is 0 Å². The van der Waals surface area contributed by atoms with Crippen LogP contribution in [0.4, 0.5) is 0 Å². The fourth-order valence-corrected chi connectivity index (χ4v) is 4.68. The maximum absolute atomic E-state index is 3.66. The SMILES string of the molecule is CCCN(CC1CCCN1)C1CCCc2sccc21. The van der Waals surface area contributed by atoms with Crippen molar-refractivity contribution >= 4 is 11.3 Å². The van der Waals surface area contributed by atoms with Gasteiger partial charge in [0.15, 0.2) is 0 Å². The summed E-state index contributed by atoms with van der Waals surface area (Å²) in [7, 11) is 0. The maximum Gasteiger partial charge on any atom is 0.0359 e. The first-order valence-electron chi connectivity index (χ1n) is 7.92. The van der Waals surface area contributed by atoms with E-state index in [1.165, 1.54) is 58.2 Å². The van der Waals surface area contributed by atoms with Crippen molar-refractivity contribution in [2.75, 3.05) is 19.6 Å². The lowest BCUT2D eigenvalue weighted by Crippen LogP contribution is -2.40. The van der Waals surface area contributed by atoms with E-state index in [1.54, 1.807) is 10.4 Å². The maximum atomic E-state index is 3.66.